The summed E-state index contributed by atoms with van der Waals surface area (Å²) in [7, 11) is 1.69. The topological polar surface area (TPSA) is 94.1 Å². The second-order valence-electron chi connectivity index (χ2n) is 8.13. The summed E-state index contributed by atoms with van der Waals surface area (Å²) >= 11 is 0. The van der Waals surface area contributed by atoms with Crippen molar-refractivity contribution >= 4 is 17.4 Å². The van der Waals surface area contributed by atoms with E-state index < -0.39 is 5.82 Å². The summed E-state index contributed by atoms with van der Waals surface area (Å²) in [6, 6.07) is 1.59. The number of Topliss-reactive ketones (excluding diaryl/α,β-unsaturated/α-hetero) is 1. The minimum Gasteiger partial charge on any atom is -0.340 e. The van der Waals surface area contributed by atoms with Crippen molar-refractivity contribution in [2.45, 2.75) is 33.1 Å². The molecule has 9 nitrogen and oxygen atoms in total. The first-order valence-corrected chi connectivity index (χ1v) is 10.6. The quantitative estimate of drug-likeness (QED) is 0.446. The van der Waals surface area contributed by atoms with Crippen LogP contribution in [0.5, 0.6) is 0 Å². The molecule has 32 heavy (non-hydrogen) atoms. The maximum Gasteiger partial charge on any atom is 0.245 e. The molecule has 1 aliphatic heterocycles. The Balaban J connectivity index is 1.48. The molecule has 10 heteroatoms. The van der Waals surface area contributed by atoms with Gasteiger partial charge in [0.05, 0.1) is 18.1 Å². The molecule has 5 heterocycles. The van der Waals surface area contributed by atoms with Crippen LogP contribution in [0, 0.1) is 19.7 Å². The van der Waals surface area contributed by atoms with Crippen LogP contribution >= 0.6 is 0 Å². The first-order chi connectivity index (χ1) is 15.4. The lowest BCUT2D eigenvalue weighted by molar-refractivity contribution is 0.0983. The molecule has 164 valence electrons. The lowest BCUT2D eigenvalue weighted by Gasteiger charge is -2.10. The van der Waals surface area contributed by atoms with Gasteiger partial charge in [-0.2, -0.15) is 10.1 Å². The Labute approximate surface area is 183 Å². The Morgan fingerprint density at radius 1 is 1.16 bits per heavy atom. The smallest absolute Gasteiger partial charge is 0.245 e. The molecule has 1 fully saturated rings. The largest absolute Gasteiger partial charge is 0.340 e. The summed E-state index contributed by atoms with van der Waals surface area (Å²) in [4.78, 5) is 28.6. The lowest BCUT2D eigenvalue weighted by Crippen LogP contribution is -2.19. The van der Waals surface area contributed by atoms with Gasteiger partial charge in [0.15, 0.2) is 11.4 Å². The number of hydrogen-bond acceptors (Lipinski definition) is 7. The highest BCUT2D eigenvalue weighted by molar-refractivity contribution is 6.01. The third kappa shape index (κ3) is 3.51. The second kappa shape index (κ2) is 7.77. The van der Waals surface area contributed by atoms with E-state index in [2.05, 4.69) is 30.0 Å². The Bertz CT molecular complexity index is 1340. The van der Waals surface area contributed by atoms with Gasteiger partial charge in [0.2, 0.25) is 5.95 Å². The average Bonchev–Trinajstić information content (AvgIpc) is 3.49. The molecule has 1 aliphatic rings. The molecule has 0 atom stereocenters. The van der Waals surface area contributed by atoms with E-state index in [0.717, 1.165) is 31.5 Å². The highest BCUT2D eigenvalue weighted by Gasteiger charge is 2.23. The minimum absolute atomic E-state index is 0.121. The molecular weight excluding hydrogens is 411 g/mol. The van der Waals surface area contributed by atoms with Crippen molar-refractivity contribution in [2.75, 3.05) is 18.0 Å². The van der Waals surface area contributed by atoms with E-state index in [1.54, 1.807) is 32.4 Å². The second-order valence-corrected chi connectivity index (χ2v) is 8.13. The van der Waals surface area contributed by atoms with Gasteiger partial charge in [0, 0.05) is 43.9 Å². The van der Waals surface area contributed by atoms with Crippen molar-refractivity contribution in [3.8, 4) is 11.3 Å². The van der Waals surface area contributed by atoms with E-state index >= 15 is 0 Å². The summed E-state index contributed by atoms with van der Waals surface area (Å²) in [5, 5.41) is 8.65. The molecule has 0 amide bonds. The molecule has 0 aromatic carbocycles. The Kier molecular flexibility index (Phi) is 4.91. The monoisotopic (exact) mass is 434 g/mol. The average molecular weight is 434 g/mol. The molecular formula is C22H23FN8O. The van der Waals surface area contributed by atoms with E-state index in [1.807, 2.05) is 6.92 Å². The Hall–Kier alpha value is -3.69. The molecule has 0 N–H and O–H groups in total. The van der Waals surface area contributed by atoms with E-state index in [1.165, 1.54) is 15.4 Å². The number of aryl methyl sites for hydroxylation is 3. The zero-order valence-electron chi connectivity index (χ0n) is 18.2. The number of nitrogens with zero attached hydrogens (tertiary/aromatic N) is 8. The van der Waals surface area contributed by atoms with Crippen molar-refractivity contribution in [3.63, 3.8) is 0 Å². The summed E-state index contributed by atoms with van der Waals surface area (Å²) in [5.41, 5.74) is 3.26. The third-order valence-corrected chi connectivity index (χ3v) is 5.78. The van der Waals surface area contributed by atoms with Crippen molar-refractivity contribution in [2.24, 2.45) is 7.05 Å². The molecule has 0 radical (unpaired) electrons. The number of carbonyl (C=O) groups is 1. The van der Waals surface area contributed by atoms with E-state index in [9.17, 15) is 9.18 Å². The van der Waals surface area contributed by atoms with Gasteiger partial charge in [-0.1, -0.05) is 0 Å². The van der Waals surface area contributed by atoms with Gasteiger partial charge < -0.3 is 4.90 Å². The predicted molar refractivity (Wildman–Crippen MR) is 116 cm³/mol. The van der Waals surface area contributed by atoms with Crippen LogP contribution in [0.1, 0.15) is 40.3 Å². The number of anilines is 1. The van der Waals surface area contributed by atoms with E-state index in [-0.39, 0.29) is 17.8 Å². The maximum absolute atomic E-state index is 14.9. The van der Waals surface area contributed by atoms with Gasteiger partial charge in [0.1, 0.15) is 17.3 Å². The molecule has 1 saturated heterocycles. The fraction of sp³-hybridized carbons (Fsp3) is 0.364. The van der Waals surface area contributed by atoms with Gasteiger partial charge in [-0.15, -0.1) is 5.10 Å². The highest BCUT2D eigenvalue weighted by atomic mass is 19.1. The SMILES string of the molecule is Cc1ncc(C)c(-c2cnn(C)c2C(=O)Cc2cc3nc(N4CCCC4)nn3cc2F)n1. The van der Waals surface area contributed by atoms with Gasteiger partial charge in [-0.3, -0.25) is 9.48 Å². The minimum atomic E-state index is -0.499. The lowest BCUT2D eigenvalue weighted by atomic mass is 10.0. The number of aromatic nitrogens is 7. The van der Waals surface area contributed by atoms with Crippen molar-refractivity contribution in [1.82, 2.24) is 34.3 Å². The highest BCUT2D eigenvalue weighted by Crippen LogP contribution is 2.26. The molecule has 5 rings (SSSR count). The first-order valence-electron chi connectivity index (χ1n) is 10.6. The summed E-state index contributed by atoms with van der Waals surface area (Å²) in [6.45, 7) is 5.47. The fourth-order valence-electron chi connectivity index (χ4n) is 4.12. The van der Waals surface area contributed by atoms with Gasteiger partial charge in [-0.05, 0) is 38.3 Å². The first kappa shape index (κ1) is 20.2. The van der Waals surface area contributed by atoms with Crippen molar-refractivity contribution < 1.29 is 9.18 Å². The van der Waals surface area contributed by atoms with Crippen LogP contribution < -0.4 is 4.90 Å². The standard InChI is InChI=1S/C22H23FN8O/c1-13-10-24-14(2)26-20(13)16-11-25-29(3)21(16)18(32)8-15-9-19-27-22(30-6-4-5-7-30)28-31(19)12-17(15)23/h9-12H,4-8H2,1-3H3. The zero-order valence-corrected chi connectivity index (χ0v) is 18.2. The summed E-state index contributed by atoms with van der Waals surface area (Å²) < 4.78 is 17.8. The number of fused-ring (bicyclic) bond motifs is 1. The predicted octanol–water partition coefficient (Wildman–Crippen LogP) is 2.70. The van der Waals surface area contributed by atoms with Crippen LogP contribution in [0.2, 0.25) is 0 Å². The number of rotatable bonds is 5. The molecule has 0 spiro atoms. The van der Waals surface area contributed by atoms with Crippen LogP contribution in [-0.4, -0.2) is 53.2 Å². The molecule has 4 aromatic heterocycles. The normalized spacial score (nSPS) is 13.9. The van der Waals surface area contributed by atoms with Crippen LogP contribution in [0.4, 0.5) is 10.3 Å². The van der Waals surface area contributed by atoms with Crippen LogP contribution in [0.25, 0.3) is 16.9 Å². The molecule has 4 aromatic rings. The molecule has 0 aliphatic carbocycles. The van der Waals surface area contributed by atoms with Gasteiger partial charge in [0.25, 0.3) is 0 Å². The van der Waals surface area contributed by atoms with Crippen LogP contribution in [0.3, 0.4) is 0 Å². The number of carbonyl (C=O) groups excluding carboxylic acids is 1. The Morgan fingerprint density at radius 2 is 1.94 bits per heavy atom. The molecule has 0 saturated carbocycles. The van der Waals surface area contributed by atoms with E-state index in [4.69, 9.17) is 0 Å². The van der Waals surface area contributed by atoms with E-state index in [0.29, 0.717) is 34.4 Å². The van der Waals surface area contributed by atoms with Gasteiger partial charge >= 0.3 is 0 Å². The zero-order chi connectivity index (χ0) is 22.4. The van der Waals surface area contributed by atoms with Crippen molar-refractivity contribution in [3.05, 3.63) is 53.1 Å². The fourth-order valence-corrected chi connectivity index (χ4v) is 4.12. The maximum atomic E-state index is 14.9. The number of halogens is 1. The van der Waals surface area contributed by atoms with Crippen molar-refractivity contribution in [1.29, 1.82) is 0 Å². The number of hydrogen-bond donors (Lipinski definition) is 0. The van der Waals surface area contributed by atoms with Gasteiger partial charge in [-0.25, -0.2) is 18.9 Å². The molecule has 0 bridgehead atoms. The number of ketones is 1. The summed E-state index contributed by atoms with van der Waals surface area (Å²) in [5.74, 6) is 0.443. The Morgan fingerprint density at radius 3 is 2.72 bits per heavy atom. The van der Waals surface area contributed by atoms with Crippen LogP contribution in [0.15, 0.2) is 24.7 Å². The number of pyridine rings is 1. The summed E-state index contributed by atoms with van der Waals surface area (Å²) in [6.07, 6.45) is 6.69. The molecule has 0 unspecified atom stereocenters. The third-order valence-electron chi connectivity index (χ3n) is 5.78. The van der Waals surface area contributed by atoms with Crippen LogP contribution in [-0.2, 0) is 13.5 Å².